The van der Waals surface area contributed by atoms with Gasteiger partial charge in [0.15, 0.2) is 6.04 Å². The molecule has 3 rings (SSSR count). The SMILES string of the molecule is CCOC(=O)C1CNCCN1C(C(=O)Nc1c(C)cccc1C)C(=O)Nc1c(C)cccc1C. The Hall–Kier alpha value is -3.23. The van der Waals surface area contributed by atoms with Crippen LogP contribution in [0.5, 0.6) is 0 Å². The maximum atomic E-state index is 13.7. The van der Waals surface area contributed by atoms with Gasteiger partial charge in [-0.15, -0.1) is 0 Å². The van der Waals surface area contributed by atoms with Crippen LogP contribution in [0.1, 0.15) is 29.2 Å². The summed E-state index contributed by atoms with van der Waals surface area (Å²) in [5, 5.41) is 9.07. The fraction of sp³-hybridized carbons (Fsp3) is 0.423. The van der Waals surface area contributed by atoms with Crippen LogP contribution in [0.3, 0.4) is 0 Å². The zero-order chi connectivity index (χ0) is 24.8. The summed E-state index contributed by atoms with van der Waals surface area (Å²) in [5.41, 5.74) is 4.91. The molecule has 8 heteroatoms. The fourth-order valence-electron chi connectivity index (χ4n) is 4.31. The van der Waals surface area contributed by atoms with Gasteiger partial charge in [0.05, 0.1) is 6.61 Å². The molecule has 0 aromatic heterocycles. The summed E-state index contributed by atoms with van der Waals surface area (Å²) in [6.45, 7) is 10.7. The molecule has 2 amide bonds. The van der Waals surface area contributed by atoms with E-state index < -0.39 is 29.9 Å². The summed E-state index contributed by atoms with van der Waals surface area (Å²) in [6, 6.07) is 9.46. The molecule has 182 valence electrons. The highest BCUT2D eigenvalue weighted by Crippen LogP contribution is 2.24. The van der Waals surface area contributed by atoms with E-state index in [1.807, 2.05) is 64.1 Å². The van der Waals surface area contributed by atoms with Gasteiger partial charge in [0.25, 0.3) is 11.8 Å². The topological polar surface area (TPSA) is 99.8 Å². The van der Waals surface area contributed by atoms with Crippen LogP contribution in [0, 0.1) is 27.7 Å². The van der Waals surface area contributed by atoms with Gasteiger partial charge in [0, 0.05) is 31.0 Å². The number of esters is 1. The number of piperazine rings is 1. The third-order valence-corrected chi connectivity index (χ3v) is 6.13. The largest absolute Gasteiger partial charge is 0.465 e. The average molecular weight is 467 g/mol. The number of hydrogen-bond donors (Lipinski definition) is 3. The first kappa shape index (κ1) is 25.4. The Morgan fingerprint density at radius 1 is 0.941 bits per heavy atom. The van der Waals surface area contributed by atoms with Crippen molar-refractivity contribution in [3.63, 3.8) is 0 Å². The highest BCUT2D eigenvalue weighted by molar-refractivity contribution is 6.15. The second-order valence-electron chi connectivity index (χ2n) is 8.62. The van der Waals surface area contributed by atoms with E-state index in [1.165, 1.54) is 0 Å². The summed E-state index contributed by atoms with van der Waals surface area (Å²) < 4.78 is 5.25. The number of benzene rings is 2. The lowest BCUT2D eigenvalue weighted by atomic mass is 10.0. The normalized spacial score (nSPS) is 16.2. The first-order chi connectivity index (χ1) is 16.2. The predicted octanol–water partition coefficient (Wildman–Crippen LogP) is 2.70. The third-order valence-electron chi connectivity index (χ3n) is 6.13. The maximum Gasteiger partial charge on any atom is 0.324 e. The van der Waals surface area contributed by atoms with Gasteiger partial charge < -0.3 is 20.7 Å². The van der Waals surface area contributed by atoms with Crippen molar-refractivity contribution in [2.45, 2.75) is 46.7 Å². The summed E-state index contributed by atoms with van der Waals surface area (Å²) in [7, 11) is 0. The van der Waals surface area contributed by atoms with Gasteiger partial charge in [0.2, 0.25) is 0 Å². The standard InChI is InChI=1S/C26H34N4O4/c1-6-34-26(33)20-15-27-13-14-30(20)23(24(31)28-21-16(2)9-7-10-17(21)3)25(32)29-22-18(4)11-8-12-19(22)5/h7-12,20,23,27H,6,13-15H2,1-5H3,(H,28,31)(H,29,32). The van der Waals surface area contributed by atoms with Crippen molar-refractivity contribution in [3.8, 4) is 0 Å². The number of carbonyl (C=O) groups excluding carboxylic acids is 3. The van der Waals surface area contributed by atoms with E-state index in [0.29, 0.717) is 31.0 Å². The van der Waals surface area contributed by atoms with Gasteiger partial charge in [-0.05, 0) is 56.9 Å². The second kappa shape index (κ2) is 11.3. The molecule has 1 saturated heterocycles. The van der Waals surface area contributed by atoms with Crippen LogP contribution in [0.4, 0.5) is 11.4 Å². The lowest BCUT2D eigenvalue weighted by Crippen LogP contribution is -2.64. The van der Waals surface area contributed by atoms with Gasteiger partial charge in [-0.25, -0.2) is 0 Å². The first-order valence-corrected chi connectivity index (χ1v) is 11.6. The maximum absolute atomic E-state index is 13.7. The summed E-state index contributed by atoms with van der Waals surface area (Å²) >= 11 is 0. The van der Waals surface area contributed by atoms with Crippen molar-refractivity contribution >= 4 is 29.2 Å². The van der Waals surface area contributed by atoms with Gasteiger partial charge in [-0.1, -0.05) is 36.4 Å². The first-order valence-electron chi connectivity index (χ1n) is 11.6. The number of amides is 2. The van der Waals surface area contributed by atoms with E-state index in [4.69, 9.17) is 4.74 Å². The smallest absolute Gasteiger partial charge is 0.324 e. The van der Waals surface area contributed by atoms with Crippen molar-refractivity contribution in [1.82, 2.24) is 10.2 Å². The molecule has 34 heavy (non-hydrogen) atoms. The Kier molecular flexibility index (Phi) is 8.41. The Morgan fingerprint density at radius 3 is 1.85 bits per heavy atom. The predicted molar refractivity (Wildman–Crippen MR) is 133 cm³/mol. The lowest BCUT2D eigenvalue weighted by Gasteiger charge is -2.38. The second-order valence-corrected chi connectivity index (χ2v) is 8.62. The number of para-hydroxylation sites is 2. The van der Waals surface area contributed by atoms with Crippen molar-refractivity contribution in [2.24, 2.45) is 0 Å². The van der Waals surface area contributed by atoms with Crippen molar-refractivity contribution in [3.05, 3.63) is 58.7 Å². The highest BCUT2D eigenvalue weighted by atomic mass is 16.5. The quantitative estimate of drug-likeness (QED) is 0.429. The van der Waals surface area contributed by atoms with Crippen LogP contribution in [0.2, 0.25) is 0 Å². The fourth-order valence-corrected chi connectivity index (χ4v) is 4.31. The van der Waals surface area contributed by atoms with Gasteiger partial charge in [0.1, 0.15) is 6.04 Å². The number of nitrogens with one attached hydrogen (secondary N) is 3. The van der Waals surface area contributed by atoms with Crippen molar-refractivity contribution in [2.75, 3.05) is 36.9 Å². The van der Waals surface area contributed by atoms with Gasteiger partial charge in [-0.2, -0.15) is 0 Å². The molecule has 0 spiro atoms. The van der Waals surface area contributed by atoms with Crippen molar-refractivity contribution < 1.29 is 19.1 Å². The Labute approximate surface area is 201 Å². The minimum absolute atomic E-state index is 0.219. The number of nitrogens with zero attached hydrogens (tertiary/aromatic N) is 1. The van der Waals surface area contributed by atoms with E-state index in [0.717, 1.165) is 22.3 Å². The molecule has 3 N–H and O–H groups in total. The molecule has 2 aromatic rings. The minimum atomic E-state index is -1.23. The van der Waals surface area contributed by atoms with Gasteiger partial charge >= 0.3 is 5.97 Å². The van der Waals surface area contributed by atoms with Crippen LogP contribution in [-0.2, 0) is 19.1 Å². The Balaban J connectivity index is 1.98. The average Bonchev–Trinajstić information content (AvgIpc) is 2.79. The summed E-state index contributed by atoms with van der Waals surface area (Å²) in [4.78, 5) is 41.7. The molecule has 1 atom stereocenters. The van der Waals surface area contributed by atoms with Crippen LogP contribution >= 0.6 is 0 Å². The molecule has 1 aliphatic rings. The van der Waals surface area contributed by atoms with Crippen LogP contribution in [0.15, 0.2) is 36.4 Å². The van der Waals surface area contributed by atoms with E-state index in [1.54, 1.807) is 11.8 Å². The zero-order valence-electron chi connectivity index (χ0n) is 20.5. The number of rotatable bonds is 7. The van der Waals surface area contributed by atoms with E-state index >= 15 is 0 Å². The lowest BCUT2D eigenvalue weighted by molar-refractivity contribution is -0.152. The molecule has 1 aliphatic heterocycles. The Morgan fingerprint density at radius 2 is 1.41 bits per heavy atom. The van der Waals surface area contributed by atoms with Crippen molar-refractivity contribution in [1.29, 1.82) is 0 Å². The summed E-state index contributed by atoms with van der Waals surface area (Å²) in [5.74, 6) is -1.44. The highest BCUT2D eigenvalue weighted by Gasteiger charge is 2.42. The molecule has 8 nitrogen and oxygen atoms in total. The van der Waals surface area contributed by atoms with Crippen LogP contribution in [-0.4, -0.2) is 61.0 Å². The number of carbonyl (C=O) groups is 3. The summed E-state index contributed by atoms with van der Waals surface area (Å²) in [6.07, 6.45) is 0. The zero-order valence-corrected chi connectivity index (χ0v) is 20.5. The molecule has 0 aliphatic carbocycles. The number of anilines is 2. The van der Waals surface area contributed by atoms with Crippen LogP contribution < -0.4 is 16.0 Å². The minimum Gasteiger partial charge on any atom is -0.465 e. The molecule has 2 aromatic carbocycles. The molecule has 0 bridgehead atoms. The van der Waals surface area contributed by atoms with Gasteiger partial charge in [-0.3, -0.25) is 19.3 Å². The van der Waals surface area contributed by atoms with E-state index in [9.17, 15) is 14.4 Å². The molecule has 1 fully saturated rings. The molecular formula is C26H34N4O4. The molecule has 1 unspecified atom stereocenters. The number of ether oxygens (including phenoxy) is 1. The molecule has 0 saturated carbocycles. The van der Waals surface area contributed by atoms with E-state index in [2.05, 4.69) is 16.0 Å². The van der Waals surface area contributed by atoms with Crippen LogP contribution in [0.25, 0.3) is 0 Å². The monoisotopic (exact) mass is 466 g/mol. The molecular weight excluding hydrogens is 432 g/mol. The van der Waals surface area contributed by atoms with E-state index in [-0.39, 0.29) is 6.61 Å². The third kappa shape index (κ3) is 5.63. The number of aryl methyl sites for hydroxylation is 4. The molecule has 0 radical (unpaired) electrons. The molecule has 1 heterocycles. The number of hydrogen-bond acceptors (Lipinski definition) is 6. The Bertz CT molecular complexity index is 963.